The third-order valence-corrected chi connectivity index (χ3v) is 3.84. The van der Waals surface area contributed by atoms with Crippen LogP contribution in [0.15, 0.2) is 0 Å². The summed E-state index contributed by atoms with van der Waals surface area (Å²) in [5, 5.41) is 0. The fourth-order valence-corrected chi connectivity index (χ4v) is 3.21. The minimum absolute atomic E-state index is 0.195. The molecule has 0 atom stereocenters. The summed E-state index contributed by atoms with van der Waals surface area (Å²) in [6.07, 6.45) is 0. The quantitative estimate of drug-likeness (QED) is 0.636. The minimum Gasteiger partial charge on any atom is -0.442 e. The normalized spacial score (nSPS) is 11.8. The number of hydrogen-bond acceptors (Lipinski definition) is 6. The Bertz CT molecular complexity index is 273. The Labute approximate surface area is 115 Å². The van der Waals surface area contributed by atoms with Gasteiger partial charge in [0, 0.05) is 27.1 Å². The molecule has 6 nitrogen and oxygen atoms in total. The molecule has 0 N–H and O–H groups in total. The molecule has 0 aromatic rings. The lowest BCUT2D eigenvalue weighted by atomic mass is 10.2. The van der Waals surface area contributed by atoms with E-state index in [0.29, 0.717) is 0 Å². The summed E-state index contributed by atoms with van der Waals surface area (Å²) in [5.41, 5.74) is 0. The second-order valence-corrected chi connectivity index (χ2v) is 7.08. The van der Waals surface area contributed by atoms with Crippen molar-refractivity contribution in [3.8, 4) is 0 Å². The highest BCUT2D eigenvalue weighted by Crippen LogP contribution is 2.16. The van der Waals surface area contributed by atoms with Gasteiger partial charge in [-0.1, -0.05) is 27.7 Å². The lowest BCUT2D eigenvalue weighted by Gasteiger charge is -2.27. The van der Waals surface area contributed by atoms with E-state index in [1.165, 1.54) is 13.8 Å². The number of hydrogen-bond donors (Lipinski definition) is 0. The van der Waals surface area contributed by atoms with Crippen LogP contribution >= 0.6 is 0 Å². The van der Waals surface area contributed by atoms with Gasteiger partial charge in [-0.25, -0.2) is 0 Å². The maximum atomic E-state index is 11.2. The number of carbonyl (C=O) groups is 2. The Hall–Kier alpha value is -0.923. The molecule has 0 amide bonds. The van der Waals surface area contributed by atoms with Gasteiger partial charge in [0.25, 0.3) is 11.9 Å². The van der Waals surface area contributed by atoms with E-state index in [1.54, 1.807) is 0 Å². The Morgan fingerprint density at radius 1 is 0.842 bits per heavy atom. The molecule has 0 aliphatic rings. The van der Waals surface area contributed by atoms with Crippen molar-refractivity contribution in [1.82, 2.24) is 0 Å². The summed E-state index contributed by atoms with van der Waals surface area (Å²) < 4.78 is 21.1. The maximum absolute atomic E-state index is 11.2. The van der Waals surface area contributed by atoms with Crippen molar-refractivity contribution in [2.75, 3.05) is 13.2 Å². The molecule has 0 aliphatic heterocycles. The zero-order valence-electron chi connectivity index (χ0n) is 12.5. The Morgan fingerprint density at radius 2 is 1.16 bits per heavy atom. The van der Waals surface area contributed by atoms with Gasteiger partial charge in [-0.3, -0.25) is 9.59 Å². The van der Waals surface area contributed by atoms with Crippen LogP contribution in [0, 0.1) is 11.8 Å². The molecule has 0 bridgehead atoms. The van der Waals surface area contributed by atoms with Crippen LogP contribution in [0.4, 0.5) is 0 Å². The van der Waals surface area contributed by atoms with Crippen LogP contribution in [-0.2, 0) is 27.3 Å². The van der Waals surface area contributed by atoms with E-state index in [0.717, 1.165) is 0 Å². The highest BCUT2D eigenvalue weighted by molar-refractivity contribution is 6.57. The van der Waals surface area contributed by atoms with E-state index >= 15 is 0 Å². The number of carbonyl (C=O) groups excluding carboxylic acids is 2. The molecule has 0 aromatic heterocycles. The molecule has 0 radical (unpaired) electrons. The highest BCUT2D eigenvalue weighted by Gasteiger charge is 2.53. The van der Waals surface area contributed by atoms with E-state index < -0.39 is 21.0 Å². The standard InChI is InChI=1S/C12H24O6Si/c1-9(2)7-15-19(17-11(5)13,18-12(6)14)16-8-10(3)4/h9-10H,7-8H2,1-6H3. The van der Waals surface area contributed by atoms with E-state index in [2.05, 4.69) is 0 Å². The fraction of sp³-hybridized carbons (Fsp3) is 0.833. The SMILES string of the molecule is CC(=O)O[Si](OCC(C)C)(OCC(C)C)OC(C)=O. The van der Waals surface area contributed by atoms with E-state index in [4.69, 9.17) is 17.7 Å². The lowest BCUT2D eigenvalue weighted by Crippen LogP contribution is -2.52. The molecular formula is C12H24O6Si. The second kappa shape index (κ2) is 8.29. The van der Waals surface area contributed by atoms with Crippen molar-refractivity contribution in [3.05, 3.63) is 0 Å². The molecule has 19 heavy (non-hydrogen) atoms. The van der Waals surface area contributed by atoms with Gasteiger partial charge in [0.05, 0.1) is 0 Å². The molecule has 0 spiro atoms. The van der Waals surface area contributed by atoms with Gasteiger partial charge in [0.1, 0.15) is 0 Å². The average molecular weight is 292 g/mol. The Kier molecular flexibility index (Phi) is 7.89. The van der Waals surface area contributed by atoms with Gasteiger partial charge < -0.3 is 17.7 Å². The molecule has 0 fully saturated rings. The lowest BCUT2D eigenvalue weighted by molar-refractivity contribution is -0.151. The Balaban J connectivity index is 4.94. The van der Waals surface area contributed by atoms with Crippen LogP contribution in [0.5, 0.6) is 0 Å². The van der Waals surface area contributed by atoms with E-state index in [-0.39, 0.29) is 25.0 Å². The topological polar surface area (TPSA) is 71.1 Å². The van der Waals surface area contributed by atoms with Gasteiger partial charge in [0.2, 0.25) is 0 Å². The van der Waals surface area contributed by atoms with Crippen LogP contribution in [0.1, 0.15) is 41.5 Å². The molecule has 0 aromatic carbocycles. The summed E-state index contributed by atoms with van der Waals surface area (Å²) in [6, 6.07) is 0. The predicted molar refractivity (Wildman–Crippen MR) is 70.9 cm³/mol. The Morgan fingerprint density at radius 3 is 1.37 bits per heavy atom. The smallest absolute Gasteiger partial charge is 0.442 e. The van der Waals surface area contributed by atoms with Gasteiger partial charge in [-0.15, -0.1) is 0 Å². The molecule has 0 heterocycles. The van der Waals surface area contributed by atoms with Crippen LogP contribution in [0.25, 0.3) is 0 Å². The average Bonchev–Trinajstić information content (AvgIpc) is 2.22. The first-order valence-corrected chi connectivity index (χ1v) is 7.97. The summed E-state index contributed by atoms with van der Waals surface area (Å²) in [7, 11) is -3.75. The molecule has 0 unspecified atom stereocenters. The molecule has 0 saturated carbocycles. The number of rotatable bonds is 8. The van der Waals surface area contributed by atoms with E-state index in [9.17, 15) is 9.59 Å². The monoisotopic (exact) mass is 292 g/mol. The van der Waals surface area contributed by atoms with Crippen molar-refractivity contribution >= 4 is 21.0 Å². The molecule has 7 heteroatoms. The largest absolute Gasteiger partial charge is 0.824 e. The summed E-state index contributed by atoms with van der Waals surface area (Å²) in [4.78, 5) is 22.4. The first kappa shape index (κ1) is 18.1. The van der Waals surface area contributed by atoms with Crippen molar-refractivity contribution in [2.45, 2.75) is 41.5 Å². The third kappa shape index (κ3) is 8.74. The zero-order chi connectivity index (χ0) is 15.1. The molecule has 0 saturated heterocycles. The molecule has 112 valence electrons. The highest BCUT2D eigenvalue weighted by atomic mass is 28.4. The van der Waals surface area contributed by atoms with Gasteiger partial charge >= 0.3 is 9.05 Å². The van der Waals surface area contributed by atoms with Crippen molar-refractivity contribution < 1.29 is 27.3 Å². The van der Waals surface area contributed by atoms with Crippen LogP contribution in [0.3, 0.4) is 0 Å². The summed E-state index contributed by atoms with van der Waals surface area (Å²) >= 11 is 0. The fourth-order valence-electron chi connectivity index (χ4n) is 1.07. The summed E-state index contributed by atoms with van der Waals surface area (Å²) in [5.74, 6) is -0.804. The van der Waals surface area contributed by atoms with Crippen molar-refractivity contribution in [1.29, 1.82) is 0 Å². The first-order chi connectivity index (χ1) is 8.67. The zero-order valence-corrected chi connectivity index (χ0v) is 13.5. The van der Waals surface area contributed by atoms with Crippen molar-refractivity contribution in [3.63, 3.8) is 0 Å². The van der Waals surface area contributed by atoms with Crippen molar-refractivity contribution in [2.24, 2.45) is 11.8 Å². The first-order valence-electron chi connectivity index (χ1n) is 6.34. The second-order valence-electron chi connectivity index (χ2n) is 5.10. The van der Waals surface area contributed by atoms with Gasteiger partial charge in [-0.2, -0.15) is 0 Å². The minimum atomic E-state index is -3.75. The predicted octanol–water partition coefficient (Wildman–Crippen LogP) is 1.89. The van der Waals surface area contributed by atoms with Crippen LogP contribution in [-0.4, -0.2) is 34.2 Å². The molecule has 0 rings (SSSR count). The van der Waals surface area contributed by atoms with Gasteiger partial charge in [0.15, 0.2) is 0 Å². The van der Waals surface area contributed by atoms with Crippen LogP contribution in [0.2, 0.25) is 0 Å². The van der Waals surface area contributed by atoms with Crippen LogP contribution < -0.4 is 0 Å². The van der Waals surface area contributed by atoms with E-state index in [1.807, 2.05) is 27.7 Å². The van der Waals surface area contributed by atoms with Gasteiger partial charge in [-0.05, 0) is 11.8 Å². The summed E-state index contributed by atoms with van der Waals surface area (Å²) in [6.45, 7) is 10.7. The third-order valence-electron chi connectivity index (χ3n) is 1.72. The molecule has 0 aliphatic carbocycles. The maximum Gasteiger partial charge on any atom is 0.824 e. The molecular weight excluding hydrogens is 268 g/mol.